The Kier molecular flexibility index (Phi) is 2.16. The maximum atomic E-state index is 11.0. The van der Waals surface area contributed by atoms with Crippen molar-refractivity contribution in [1.82, 2.24) is 0 Å². The lowest BCUT2D eigenvalue weighted by Gasteiger charge is -2.18. The Balaban J connectivity index is 2.25. The minimum atomic E-state index is -0.962. The summed E-state index contributed by atoms with van der Waals surface area (Å²) in [5, 5.41) is 19.0. The first-order valence-electron chi connectivity index (χ1n) is 4.83. The first-order chi connectivity index (χ1) is 7.06. The summed E-state index contributed by atoms with van der Waals surface area (Å²) in [6.07, 6.45) is 0.137. The summed E-state index contributed by atoms with van der Waals surface area (Å²) in [6, 6.07) is 6.67. The fraction of sp³-hybridized carbons (Fsp3) is 0.364. The Morgan fingerprint density at radius 1 is 1.33 bits per heavy atom. The van der Waals surface area contributed by atoms with Gasteiger partial charge in [-0.15, -0.1) is 0 Å². The lowest BCUT2D eigenvalue weighted by molar-refractivity contribution is -0.148. The van der Waals surface area contributed by atoms with Crippen molar-refractivity contribution >= 4 is 11.7 Å². The number of carbonyl (C=O) groups is 1. The number of benzene rings is 1. The Hall–Kier alpha value is -1.55. The second kappa shape index (κ2) is 3.24. The number of aliphatic carboxylic acids is 1. The molecule has 1 aliphatic rings. The van der Waals surface area contributed by atoms with E-state index < -0.39 is 17.5 Å². The molecular formula is C11H13NO3. The lowest BCUT2D eigenvalue weighted by Crippen LogP contribution is -2.23. The predicted molar refractivity (Wildman–Crippen MR) is 55.1 cm³/mol. The second-order valence-corrected chi connectivity index (χ2v) is 4.03. The number of anilines is 1. The van der Waals surface area contributed by atoms with Gasteiger partial charge in [0.05, 0.1) is 11.5 Å². The number of nitrogen functional groups attached to an aromatic ring is 1. The molecule has 4 nitrogen and oxygen atoms in total. The maximum absolute atomic E-state index is 11.0. The van der Waals surface area contributed by atoms with E-state index in [9.17, 15) is 9.90 Å². The van der Waals surface area contributed by atoms with Crippen LogP contribution in [0.2, 0.25) is 0 Å². The van der Waals surface area contributed by atoms with Crippen molar-refractivity contribution in [3.8, 4) is 0 Å². The molecule has 4 N–H and O–H groups in total. The normalized spacial score (nSPS) is 19.5. The molecule has 0 heterocycles. The summed E-state index contributed by atoms with van der Waals surface area (Å²) in [6.45, 7) is 0. The van der Waals surface area contributed by atoms with E-state index in [0.717, 1.165) is 0 Å². The third-order valence-electron chi connectivity index (χ3n) is 2.99. The van der Waals surface area contributed by atoms with E-state index in [0.29, 0.717) is 24.1 Å². The molecule has 0 spiro atoms. The summed E-state index contributed by atoms with van der Waals surface area (Å²) < 4.78 is 0. The van der Waals surface area contributed by atoms with E-state index in [1.165, 1.54) is 0 Å². The van der Waals surface area contributed by atoms with Gasteiger partial charge in [0.1, 0.15) is 0 Å². The molecule has 1 unspecified atom stereocenters. The lowest BCUT2D eigenvalue weighted by atomic mass is 9.93. The maximum Gasteiger partial charge on any atom is 0.312 e. The summed E-state index contributed by atoms with van der Waals surface area (Å²) in [7, 11) is 0. The Labute approximate surface area is 87.3 Å². The van der Waals surface area contributed by atoms with E-state index in [4.69, 9.17) is 10.8 Å². The largest absolute Gasteiger partial charge is 0.481 e. The zero-order valence-corrected chi connectivity index (χ0v) is 8.18. The van der Waals surface area contributed by atoms with Crippen LogP contribution >= 0.6 is 0 Å². The molecular weight excluding hydrogens is 194 g/mol. The molecule has 2 rings (SSSR count). The summed E-state index contributed by atoms with van der Waals surface area (Å²) in [5.74, 6) is -0.924. The van der Waals surface area contributed by atoms with Crippen LogP contribution in [0, 0.1) is 5.41 Å². The van der Waals surface area contributed by atoms with E-state index in [1.54, 1.807) is 24.3 Å². The summed E-state index contributed by atoms with van der Waals surface area (Å²) in [5.41, 5.74) is 5.77. The average Bonchev–Trinajstić information content (AvgIpc) is 2.98. The fourth-order valence-corrected chi connectivity index (χ4v) is 1.74. The van der Waals surface area contributed by atoms with Gasteiger partial charge in [-0.25, -0.2) is 0 Å². The molecule has 0 saturated heterocycles. The molecule has 0 amide bonds. The molecule has 0 bridgehead atoms. The molecule has 1 fully saturated rings. The zero-order valence-electron chi connectivity index (χ0n) is 8.18. The molecule has 1 aliphatic carbocycles. The molecule has 1 aromatic carbocycles. The third kappa shape index (κ3) is 1.57. The van der Waals surface area contributed by atoms with Crippen LogP contribution in [0.15, 0.2) is 24.3 Å². The van der Waals surface area contributed by atoms with Gasteiger partial charge in [-0.3, -0.25) is 4.79 Å². The number of aliphatic hydroxyl groups excluding tert-OH is 1. The van der Waals surface area contributed by atoms with Crippen molar-refractivity contribution in [2.24, 2.45) is 5.41 Å². The van der Waals surface area contributed by atoms with Crippen LogP contribution in [0.25, 0.3) is 0 Å². The van der Waals surface area contributed by atoms with Gasteiger partial charge in [0, 0.05) is 5.69 Å². The first kappa shape index (κ1) is 9.98. The van der Waals surface area contributed by atoms with Crippen molar-refractivity contribution in [1.29, 1.82) is 0 Å². The predicted octanol–water partition coefficient (Wildman–Crippen LogP) is 1.17. The number of rotatable bonds is 3. The van der Waals surface area contributed by atoms with Crippen molar-refractivity contribution in [3.05, 3.63) is 29.8 Å². The summed E-state index contributed by atoms with van der Waals surface area (Å²) >= 11 is 0. The van der Waals surface area contributed by atoms with E-state index >= 15 is 0 Å². The number of aliphatic hydroxyl groups is 1. The van der Waals surface area contributed by atoms with Gasteiger partial charge in [-0.2, -0.15) is 0 Å². The van der Waals surface area contributed by atoms with Gasteiger partial charge in [0.15, 0.2) is 0 Å². The van der Waals surface area contributed by atoms with Crippen LogP contribution in [-0.2, 0) is 4.79 Å². The van der Waals surface area contributed by atoms with Crippen molar-refractivity contribution < 1.29 is 15.0 Å². The number of nitrogens with two attached hydrogens (primary N) is 1. The molecule has 0 aliphatic heterocycles. The number of hydrogen-bond acceptors (Lipinski definition) is 3. The molecule has 1 saturated carbocycles. The second-order valence-electron chi connectivity index (χ2n) is 4.03. The molecule has 0 radical (unpaired) electrons. The Morgan fingerprint density at radius 3 is 2.27 bits per heavy atom. The SMILES string of the molecule is Nc1ccc(C(O)C2(C(=O)O)CC2)cc1. The quantitative estimate of drug-likeness (QED) is 0.649. The van der Waals surface area contributed by atoms with Crippen LogP contribution in [0.5, 0.6) is 0 Å². The van der Waals surface area contributed by atoms with Crippen LogP contribution in [-0.4, -0.2) is 16.2 Å². The van der Waals surface area contributed by atoms with Crippen molar-refractivity contribution in [2.45, 2.75) is 18.9 Å². The highest BCUT2D eigenvalue weighted by Crippen LogP contribution is 2.55. The highest BCUT2D eigenvalue weighted by Gasteiger charge is 2.56. The van der Waals surface area contributed by atoms with Crippen molar-refractivity contribution in [2.75, 3.05) is 5.73 Å². The van der Waals surface area contributed by atoms with E-state index in [2.05, 4.69) is 0 Å². The van der Waals surface area contributed by atoms with Gasteiger partial charge in [0.25, 0.3) is 0 Å². The third-order valence-corrected chi connectivity index (χ3v) is 2.99. The smallest absolute Gasteiger partial charge is 0.312 e. The van der Waals surface area contributed by atoms with Crippen LogP contribution in [0.3, 0.4) is 0 Å². The van der Waals surface area contributed by atoms with Gasteiger partial charge in [-0.05, 0) is 30.5 Å². The van der Waals surface area contributed by atoms with Gasteiger partial charge in [0.2, 0.25) is 0 Å². The van der Waals surface area contributed by atoms with Gasteiger partial charge in [-0.1, -0.05) is 12.1 Å². The minimum absolute atomic E-state index is 0.536. The zero-order chi connectivity index (χ0) is 11.1. The van der Waals surface area contributed by atoms with Crippen LogP contribution < -0.4 is 5.73 Å². The van der Waals surface area contributed by atoms with Crippen molar-refractivity contribution in [3.63, 3.8) is 0 Å². The number of carboxylic acid groups (broad SMARTS) is 1. The van der Waals surface area contributed by atoms with Gasteiger partial charge >= 0.3 is 5.97 Å². The molecule has 1 aromatic rings. The van der Waals surface area contributed by atoms with Crippen LogP contribution in [0.4, 0.5) is 5.69 Å². The molecule has 0 aromatic heterocycles. The summed E-state index contributed by atoms with van der Waals surface area (Å²) in [4.78, 5) is 11.0. The Bertz CT molecular complexity index is 381. The molecule has 15 heavy (non-hydrogen) atoms. The molecule has 4 heteroatoms. The van der Waals surface area contributed by atoms with E-state index in [1.807, 2.05) is 0 Å². The monoisotopic (exact) mass is 207 g/mol. The molecule has 80 valence electrons. The number of hydrogen-bond donors (Lipinski definition) is 3. The van der Waals surface area contributed by atoms with Crippen LogP contribution in [0.1, 0.15) is 24.5 Å². The highest BCUT2D eigenvalue weighted by molar-refractivity contribution is 5.79. The number of carboxylic acids is 1. The highest BCUT2D eigenvalue weighted by atomic mass is 16.4. The van der Waals surface area contributed by atoms with Gasteiger partial charge < -0.3 is 15.9 Å². The minimum Gasteiger partial charge on any atom is -0.481 e. The van der Waals surface area contributed by atoms with E-state index in [-0.39, 0.29) is 0 Å². The fourth-order valence-electron chi connectivity index (χ4n) is 1.74. The molecule has 1 atom stereocenters. The first-order valence-corrected chi connectivity index (χ1v) is 4.83. The standard InChI is InChI=1S/C11H13NO3/c12-8-3-1-7(2-4-8)9(13)11(5-6-11)10(14)15/h1-4,9,13H,5-6,12H2,(H,14,15). The Morgan fingerprint density at radius 2 is 1.87 bits per heavy atom. The average molecular weight is 207 g/mol. The topological polar surface area (TPSA) is 83.5 Å².